The Balaban J connectivity index is 2.52. The van der Waals surface area contributed by atoms with Gasteiger partial charge in [-0.25, -0.2) is 0 Å². The SMILES string of the molecule is CC(C=NO)Cc1ccccc1. The molecule has 12 heavy (non-hydrogen) atoms. The number of hydrogen-bond acceptors (Lipinski definition) is 2. The highest BCUT2D eigenvalue weighted by molar-refractivity contribution is 5.59. The van der Waals surface area contributed by atoms with Gasteiger partial charge in [0.25, 0.3) is 0 Å². The van der Waals surface area contributed by atoms with Crippen molar-refractivity contribution in [2.75, 3.05) is 0 Å². The van der Waals surface area contributed by atoms with Crippen molar-refractivity contribution in [3.8, 4) is 0 Å². The summed E-state index contributed by atoms with van der Waals surface area (Å²) >= 11 is 0. The third-order valence-corrected chi connectivity index (χ3v) is 1.72. The summed E-state index contributed by atoms with van der Waals surface area (Å²) in [5, 5.41) is 11.3. The van der Waals surface area contributed by atoms with Gasteiger partial charge in [0, 0.05) is 6.21 Å². The molecule has 1 rings (SSSR count). The molecule has 0 aliphatic heterocycles. The second kappa shape index (κ2) is 4.54. The van der Waals surface area contributed by atoms with Gasteiger partial charge in [-0.05, 0) is 17.9 Å². The summed E-state index contributed by atoms with van der Waals surface area (Å²) in [4.78, 5) is 0. The van der Waals surface area contributed by atoms with Gasteiger partial charge in [-0.2, -0.15) is 0 Å². The molecule has 1 unspecified atom stereocenters. The van der Waals surface area contributed by atoms with Crippen LogP contribution in [0.3, 0.4) is 0 Å². The molecule has 1 aromatic carbocycles. The second-order valence-electron chi connectivity index (χ2n) is 2.93. The lowest BCUT2D eigenvalue weighted by Gasteiger charge is -2.03. The highest BCUT2D eigenvalue weighted by atomic mass is 16.4. The van der Waals surface area contributed by atoms with E-state index in [9.17, 15) is 0 Å². The van der Waals surface area contributed by atoms with Crippen LogP contribution in [0.15, 0.2) is 35.5 Å². The van der Waals surface area contributed by atoms with Crippen LogP contribution in [0.25, 0.3) is 0 Å². The topological polar surface area (TPSA) is 32.6 Å². The van der Waals surface area contributed by atoms with E-state index in [1.165, 1.54) is 5.56 Å². The number of hydrogen-bond donors (Lipinski definition) is 1. The lowest BCUT2D eigenvalue weighted by atomic mass is 10.0. The molecular weight excluding hydrogens is 150 g/mol. The van der Waals surface area contributed by atoms with E-state index in [0.717, 1.165) is 6.42 Å². The molecule has 1 N–H and O–H groups in total. The van der Waals surface area contributed by atoms with E-state index in [0.29, 0.717) is 0 Å². The molecule has 0 spiro atoms. The van der Waals surface area contributed by atoms with Gasteiger partial charge in [0.2, 0.25) is 0 Å². The van der Waals surface area contributed by atoms with Crippen LogP contribution in [-0.4, -0.2) is 11.4 Å². The number of oxime groups is 1. The molecule has 0 aliphatic carbocycles. The van der Waals surface area contributed by atoms with Gasteiger partial charge in [-0.3, -0.25) is 0 Å². The van der Waals surface area contributed by atoms with Crippen molar-refractivity contribution in [2.45, 2.75) is 13.3 Å². The summed E-state index contributed by atoms with van der Waals surface area (Å²) in [6.07, 6.45) is 2.47. The molecule has 1 aromatic rings. The summed E-state index contributed by atoms with van der Waals surface area (Å²) in [7, 11) is 0. The van der Waals surface area contributed by atoms with Gasteiger partial charge in [0.1, 0.15) is 0 Å². The average molecular weight is 163 g/mol. The first-order valence-electron chi connectivity index (χ1n) is 4.04. The zero-order valence-corrected chi connectivity index (χ0v) is 7.14. The molecule has 0 aliphatic rings. The van der Waals surface area contributed by atoms with Crippen LogP contribution in [0.5, 0.6) is 0 Å². The summed E-state index contributed by atoms with van der Waals surface area (Å²) < 4.78 is 0. The Kier molecular flexibility index (Phi) is 3.33. The van der Waals surface area contributed by atoms with Crippen LogP contribution in [0.4, 0.5) is 0 Å². The lowest BCUT2D eigenvalue weighted by molar-refractivity contribution is 0.318. The molecule has 0 saturated carbocycles. The van der Waals surface area contributed by atoms with Crippen molar-refractivity contribution in [3.05, 3.63) is 35.9 Å². The number of rotatable bonds is 3. The maximum atomic E-state index is 8.28. The average Bonchev–Trinajstić information content (AvgIpc) is 2.06. The van der Waals surface area contributed by atoms with Crippen molar-refractivity contribution in [2.24, 2.45) is 11.1 Å². The quantitative estimate of drug-likeness (QED) is 0.414. The molecule has 0 amide bonds. The third kappa shape index (κ3) is 2.74. The minimum absolute atomic E-state index is 0.289. The number of nitrogens with zero attached hydrogens (tertiary/aromatic N) is 1. The molecule has 1 atom stereocenters. The van der Waals surface area contributed by atoms with E-state index in [1.807, 2.05) is 25.1 Å². The monoisotopic (exact) mass is 163 g/mol. The van der Waals surface area contributed by atoms with Crippen LogP contribution in [0, 0.1) is 5.92 Å². The fourth-order valence-electron chi connectivity index (χ4n) is 1.15. The Labute approximate surface area is 72.5 Å². The molecule has 0 radical (unpaired) electrons. The van der Waals surface area contributed by atoms with E-state index >= 15 is 0 Å². The fraction of sp³-hybridized carbons (Fsp3) is 0.300. The van der Waals surface area contributed by atoms with E-state index in [2.05, 4.69) is 17.3 Å². The molecule has 0 bridgehead atoms. The van der Waals surface area contributed by atoms with E-state index < -0.39 is 0 Å². The minimum atomic E-state index is 0.289. The summed E-state index contributed by atoms with van der Waals surface area (Å²) in [5.74, 6) is 0.289. The summed E-state index contributed by atoms with van der Waals surface area (Å²) in [6.45, 7) is 2.02. The standard InChI is InChI=1S/C10H13NO/c1-9(8-11-12)7-10-5-3-2-4-6-10/h2-6,8-9,12H,7H2,1H3. The van der Waals surface area contributed by atoms with Crippen LogP contribution in [-0.2, 0) is 6.42 Å². The van der Waals surface area contributed by atoms with Gasteiger partial charge in [0.05, 0.1) is 0 Å². The van der Waals surface area contributed by atoms with Crippen molar-refractivity contribution in [1.29, 1.82) is 0 Å². The van der Waals surface area contributed by atoms with Gasteiger partial charge >= 0.3 is 0 Å². The minimum Gasteiger partial charge on any atom is -0.411 e. The molecule has 64 valence electrons. The Hall–Kier alpha value is -1.31. The first kappa shape index (κ1) is 8.78. The van der Waals surface area contributed by atoms with Crippen molar-refractivity contribution in [3.63, 3.8) is 0 Å². The third-order valence-electron chi connectivity index (χ3n) is 1.72. The van der Waals surface area contributed by atoms with Crippen LogP contribution in [0.1, 0.15) is 12.5 Å². The number of benzene rings is 1. The molecule has 0 saturated heterocycles. The first-order chi connectivity index (χ1) is 5.83. The van der Waals surface area contributed by atoms with Gasteiger partial charge in [-0.1, -0.05) is 37.3 Å². The zero-order valence-electron chi connectivity index (χ0n) is 7.14. The second-order valence-corrected chi connectivity index (χ2v) is 2.93. The molecule has 2 nitrogen and oxygen atoms in total. The maximum Gasteiger partial charge on any atom is 0.0467 e. The Morgan fingerprint density at radius 2 is 2.08 bits per heavy atom. The van der Waals surface area contributed by atoms with Gasteiger partial charge < -0.3 is 5.21 Å². The van der Waals surface area contributed by atoms with Crippen LogP contribution in [0.2, 0.25) is 0 Å². The first-order valence-corrected chi connectivity index (χ1v) is 4.04. The van der Waals surface area contributed by atoms with Gasteiger partial charge in [0.15, 0.2) is 0 Å². The molecule has 0 aromatic heterocycles. The van der Waals surface area contributed by atoms with Crippen molar-refractivity contribution < 1.29 is 5.21 Å². The van der Waals surface area contributed by atoms with Crippen LogP contribution < -0.4 is 0 Å². The van der Waals surface area contributed by atoms with E-state index in [-0.39, 0.29) is 5.92 Å². The lowest BCUT2D eigenvalue weighted by Crippen LogP contribution is -2.00. The fourth-order valence-corrected chi connectivity index (χ4v) is 1.15. The highest BCUT2D eigenvalue weighted by Gasteiger charge is 1.98. The predicted molar refractivity (Wildman–Crippen MR) is 49.6 cm³/mol. The molecule has 2 heteroatoms. The summed E-state index contributed by atoms with van der Waals surface area (Å²) in [5.41, 5.74) is 1.27. The smallest absolute Gasteiger partial charge is 0.0467 e. The largest absolute Gasteiger partial charge is 0.411 e. The Morgan fingerprint density at radius 1 is 1.42 bits per heavy atom. The normalized spacial score (nSPS) is 13.4. The zero-order chi connectivity index (χ0) is 8.81. The van der Waals surface area contributed by atoms with Gasteiger partial charge in [-0.15, -0.1) is 5.16 Å². The highest BCUT2D eigenvalue weighted by Crippen LogP contribution is 2.05. The van der Waals surface area contributed by atoms with E-state index in [1.54, 1.807) is 6.21 Å². The van der Waals surface area contributed by atoms with Crippen molar-refractivity contribution in [1.82, 2.24) is 0 Å². The Morgan fingerprint density at radius 3 is 2.67 bits per heavy atom. The predicted octanol–water partition coefficient (Wildman–Crippen LogP) is 2.33. The van der Waals surface area contributed by atoms with E-state index in [4.69, 9.17) is 5.21 Å². The van der Waals surface area contributed by atoms with Crippen LogP contribution >= 0.6 is 0 Å². The molecule has 0 fully saturated rings. The molecule has 0 heterocycles. The maximum absolute atomic E-state index is 8.28. The summed E-state index contributed by atoms with van der Waals surface area (Å²) in [6, 6.07) is 10.2. The van der Waals surface area contributed by atoms with Crippen molar-refractivity contribution >= 4 is 6.21 Å². The Bertz CT molecular complexity index is 243. The molecular formula is C10H13NO.